The van der Waals surface area contributed by atoms with Crippen LogP contribution in [-0.4, -0.2) is 84.3 Å². The van der Waals surface area contributed by atoms with Gasteiger partial charge >= 0.3 is 0 Å². The van der Waals surface area contributed by atoms with Crippen molar-refractivity contribution in [1.82, 2.24) is 14.8 Å². The zero-order valence-electron chi connectivity index (χ0n) is 17.6. The molecule has 0 aliphatic carbocycles. The van der Waals surface area contributed by atoms with Gasteiger partial charge in [-0.1, -0.05) is 18.8 Å². The SMILES string of the molecule is COCC#Cc1cnc2c(c1)C(=O)N([C@H](C)CO)C[C@@H](C)[C@@H](CN(C)C(C)=O)O2. The number of aliphatic hydroxyl groups excluding tert-OH is 1. The number of aliphatic hydroxyl groups is 1. The summed E-state index contributed by atoms with van der Waals surface area (Å²) in [4.78, 5) is 32.4. The van der Waals surface area contributed by atoms with Crippen LogP contribution < -0.4 is 4.74 Å². The van der Waals surface area contributed by atoms with E-state index in [0.29, 0.717) is 18.7 Å². The van der Waals surface area contributed by atoms with Gasteiger partial charge in [-0.3, -0.25) is 9.59 Å². The molecule has 0 unspecified atom stereocenters. The number of pyridine rings is 1. The minimum atomic E-state index is -0.370. The molecule has 1 N–H and O–H groups in total. The largest absolute Gasteiger partial charge is 0.472 e. The molecule has 2 rings (SSSR count). The predicted octanol–water partition coefficient (Wildman–Crippen LogP) is 0.778. The van der Waals surface area contributed by atoms with Gasteiger partial charge in [0.2, 0.25) is 11.8 Å². The number of rotatable bonds is 5. The molecule has 8 heteroatoms. The fraction of sp³-hybridized carbons (Fsp3) is 0.571. The zero-order chi connectivity index (χ0) is 21.6. The van der Waals surface area contributed by atoms with E-state index < -0.39 is 0 Å². The minimum Gasteiger partial charge on any atom is -0.472 e. The number of fused-ring (bicyclic) bond motifs is 1. The van der Waals surface area contributed by atoms with Crippen molar-refractivity contribution in [3.8, 4) is 17.7 Å². The molecular weight excluding hydrogens is 374 g/mol. The summed E-state index contributed by atoms with van der Waals surface area (Å²) in [6.45, 7) is 6.10. The monoisotopic (exact) mass is 403 g/mol. The smallest absolute Gasteiger partial charge is 0.259 e. The maximum atomic E-state index is 13.2. The summed E-state index contributed by atoms with van der Waals surface area (Å²) in [7, 11) is 3.26. The predicted molar refractivity (Wildman–Crippen MR) is 107 cm³/mol. The highest BCUT2D eigenvalue weighted by Crippen LogP contribution is 2.27. The summed E-state index contributed by atoms with van der Waals surface area (Å²) in [5.41, 5.74) is 0.859. The van der Waals surface area contributed by atoms with Crippen LogP contribution in [0.3, 0.4) is 0 Å². The van der Waals surface area contributed by atoms with Gasteiger partial charge in [0.1, 0.15) is 18.3 Å². The normalized spacial score (nSPS) is 19.8. The molecule has 3 atom stereocenters. The number of likely N-dealkylation sites (N-methyl/N-ethyl adjacent to an activating group) is 1. The van der Waals surface area contributed by atoms with Crippen LogP contribution in [0, 0.1) is 17.8 Å². The van der Waals surface area contributed by atoms with Gasteiger partial charge < -0.3 is 24.4 Å². The fourth-order valence-electron chi connectivity index (χ4n) is 3.00. The number of aromatic nitrogens is 1. The summed E-state index contributed by atoms with van der Waals surface area (Å²) in [6.07, 6.45) is 1.19. The number of carbonyl (C=O) groups is 2. The van der Waals surface area contributed by atoms with Crippen LogP contribution in [0.1, 0.15) is 36.7 Å². The second-order valence-corrected chi connectivity index (χ2v) is 7.33. The van der Waals surface area contributed by atoms with Crippen molar-refractivity contribution in [3.05, 3.63) is 23.4 Å². The first-order chi connectivity index (χ1) is 13.8. The molecule has 2 amide bonds. The van der Waals surface area contributed by atoms with E-state index in [4.69, 9.17) is 9.47 Å². The van der Waals surface area contributed by atoms with Crippen molar-refractivity contribution in [3.63, 3.8) is 0 Å². The Kier molecular flexibility index (Phi) is 8.00. The molecule has 0 aromatic carbocycles. The Morgan fingerprint density at radius 3 is 2.90 bits per heavy atom. The molecule has 0 spiro atoms. The number of hydrogen-bond acceptors (Lipinski definition) is 6. The van der Waals surface area contributed by atoms with Crippen LogP contribution in [0.15, 0.2) is 12.3 Å². The van der Waals surface area contributed by atoms with Crippen LogP contribution in [0.5, 0.6) is 5.88 Å². The Morgan fingerprint density at radius 1 is 1.55 bits per heavy atom. The molecule has 1 aliphatic heterocycles. The third kappa shape index (κ3) is 5.68. The zero-order valence-corrected chi connectivity index (χ0v) is 17.6. The van der Waals surface area contributed by atoms with Crippen LogP contribution in [-0.2, 0) is 9.53 Å². The van der Waals surface area contributed by atoms with E-state index in [9.17, 15) is 14.7 Å². The Bertz CT molecular complexity index is 801. The molecule has 0 fully saturated rings. The molecule has 29 heavy (non-hydrogen) atoms. The Balaban J connectivity index is 2.46. The molecule has 1 aliphatic rings. The molecule has 0 bridgehead atoms. The van der Waals surface area contributed by atoms with E-state index in [2.05, 4.69) is 16.8 Å². The van der Waals surface area contributed by atoms with E-state index in [-0.39, 0.29) is 54.5 Å². The lowest BCUT2D eigenvalue weighted by atomic mass is 10.00. The second-order valence-electron chi connectivity index (χ2n) is 7.33. The highest BCUT2D eigenvalue weighted by molar-refractivity contribution is 5.97. The molecule has 0 radical (unpaired) electrons. The first kappa shape index (κ1) is 22.7. The topological polar surface area (TPSA) is 92.2 Å². The van der Waals surface area contributed by atoms with E-state index in [1.54, 1.807) is 43.1 Å². The summed E-state index contributed by atoms with van der Waals surface area (Å²) < 4.78 is 11.0. The molecule has 2 heterocycles. The fourth-order valence-corrected chi connectivity index (χ4v) is 3.00. The van der Waals surface area contributed by atoms with Gasteiger partial charge in [0, 0.05) is 45.3 Å². The number of carbonyl (C=O) groups excluding carboxylic acids is 2. The highest BCUT2D eigenvalue weighted by Gasteiger charge is 2.34. The quantitative estimate of drug-likeness (QED) is 0.731. The summed E-state index contributed by atoms with van der Waals surface area (Å²) in [5.74, 6) is 5.53. The first-order valence-electron chi connectivity index (χ1n) is 9.56. The van der Waals surface area contributed by atoms with Gasteiger partial charge in [-0.2, -0.15) is 0 Å². The average molecular weight is 403 g/mol. The molecule has 158 valence electrons. The van der Waals surface area contributed by atoms with Crippen LogP contribution in [0.25, 0.3) is 0 Å². The van der Waals surface area contributed by atoms with E-state index in [1.807, 2.05) is 6.92 Å². The van der Waals surface area contributed by atoms with Gasteiger partial charge in [0.05, 0.1) is 19.2 Å². The van der Waals surface area contributed by atoms with Gasteiger partial charge in [0.15, 0.2) is 0 Å². The molecular formula is C21H29N3O5. The lowest BCUT2D eigenvalue weighted by Crippen LogP contribution is -2.50. The lowest BCUT2D eigenvalue weighted by molar-refractivity contribution is -0.129. The van der Waals surface area contributed by atoms with Crippen LogP contribution in [0.2, 0.25) is 0 Å². The lowest BCUT2D eigenvalue weighted by Gasteiger charge is -2.37. The van der Waals surface area contributed by atoms with Crippen LogP contribution in [0.4, 0.5) is 0 Å². The Hall–Kier alpha value is -2.63. The number of amides is 2. The van der Waals surface area contributed by atoms with Crippen molar-refractivity contribution in [2.24, 2.45) is 5.92 Å². The molecule has 0 saturated carbocycles. The molecule has 1 aromatic rings. The van der Waals surface area contributed by atoms with Crippen molar-refractivity contribution in [2.75, 3.05) is 40.5 Å². The van der Waals surface area contributed by atoms with Gasteiger partial charge in [0.25, 0.3) is 5.91 Å². The minimum absolute atomic E-state index is 0.0727. The van der Waals surface area contributed by atoms with Gasteiger partial charge in [-0.15, -0.1) is 0 Å². The Labute approximate surface area is 171 Å². The number of nitrogens with zero attached hydrogens (tertiary/aromatic N) is 3. The van der Waals surface area contributed by atoms with E-state index >= 15 is 0 Å². The Morgan fingerprint density at radius 2 is 2.28 bits per heavy atom. The van der Waals surface area contributed by atoms with Gasteiger partial charge in [-0.25, -0.2) is 4.98 Å². The molecule has 0 saturated heterocycles. The third-order valence-electron chi connectivity index (χ3n) is 4.96. The van der Waals surface area contributed by atoms with Crippen molar-refractivity contribution in [1.29, 1.82) is 0 Å². The standard InChI is InChI=1S/C21H29N3O5/c1-14-11-24(15(2)13-25)21(27)18-9-17(7-6-8-28-5)10-22-20(18)29-19(14)12-23(4)16(3)26/h9-10,14-15,19,25H,8,11-13H2,1-5H3/t14-,15-,19-/m1/s1. The second kappa shape index (κ2) is 10.2. The van der Waals surface area contributed by atoms with Crippen molar-refractivity contribution in [2.45, 2.75) is 32.9 Å². The maximum Gasteiger partial charge on any atom is 0.259 e. The molecule has 1 aromatic heterocycles. The summed E-state index contributed by atoms with van der Waals surface area (Å²) in [5, 5.41) is 9.65. The van der Waals surface area contributed by atoms with E-state index in [0.717, 1.165) is 0 Å². The highest BCUT2D eigenvalue weighted by atomic mass is 16.5. The van der Waals surface area contributed by atoms with Crippen molar-refractivity contribution < 1.29 is 24.2 Å². The maximum absolute atomic E-state index is 13.2. The molecule has 8 nitrogen and oxygen atoms in total. The van der Waals surface area contributed by atoms with Crippen LogP contribution >= 0.6 is 0 Å². The van der Waals surface area contributed by atoms with Gasteiger partial charge in [-0.05, 0) is 13.0 Å². The number of methoxy groups -OCH3 is 1. The van der Waals surface area contributed by atoms with Crippen molar-refractivity contribution >= 4 is 11.8 Å². The summed E-state index contributed by atoms with van der Waals surface area (Å²) in [6, 6.07) is 1.27. The average Bonchev–Trinajstić information content (AvgIpc) is 2.70. The summed E-state index contributed by atoms with van der Waals surface area (Å²) >= 11 is 0. The number of hydrogen-bond donors (Lipinski definition) is 1. The number of ether oxygens (including phenoxy) is 2. The third-order valence-corrected chi connectivity index (χ3v) is 4.96. The first-order valence-corrected chi connectivity index (χ1v) is 9.56. The van der Waals surface area contributed by atoms with E-state index in [1.165, 1.54) is 6.92 Å².